The zero-order valence-electron chi connectivity index (χ0n) is 11.5. The van der Waals surface area contributed by atoms with E-state index in [4.69, 9.17) is 5.73 Å². The summed E-state index contributed by atoms with van der Waals surface area (Å²) < 4.78 is 2.52. The SMILES string of the molecule is Cc1nn(C(=O)C2Cc3ccc(Br)cc3C2)c(C)c1N. The Morgan fingerprint density at radius 3 is 2.70 bits per heavy atom. The lowest BCUT2D eigenvalue weighted by molar-refractivity contribution is 0.0819. The molecule has 1 aromatic carbocycles. The lowest BCUT2D eigenvalue weighted by Gasteiger charge is -2.09. The Labute approximate surface area is 126 Å². The van der Waals surface area contributed by atoms with Crippen LogP contribution in [0.4, 0.5) is 5.69 Å². The molecule has 3 rings (SSSR count). The van der Waals surface area contributed by atoms with E-state index in [1.807, 2.05) is 19.9 Å². The number of benzene rings is 1. The van der Waals surface area contributed by atoms with Gasteiger partial charge in [0.15, 0.2) is 0 Å². The Bertz CT molecular complexity index is 705. The van der Waals surface area contributed by atoms with Crippen LogP contribution >= 0.6 is 15.9 Å². The minimum absolute atomic E-state index is 0.0367. The molecular formula is C15H16BrN3O. The van der Waals surface area contributed by atoms with Gasteiger partial charge in [-0.2, -0.15) is 5.10 Å². The molecule has 0 amide bonds. The van der Waals surface area contributed by atoms with Gasteiger partial charge in [-0.3, -0.25) is 4.79 Å². The van der Waals surface area contributed by atoms with Gasteiger partial charge in [0, 0.05) is 10.4 Å². The van der Waals surface area contributed by atoms with Crippen molar-refractivity contribution < 1.29 is 4.79 Å². The molecule has 0 radical (unpaired) electrons. The number of rotatable bonds is 1. The van der Waals surface area contributed by atoms with Crippen molar-refractivity contribution in [3.8, 4) is 0 Å². The van der Waals surface area contributed by atoms with E-state index in [2.05, 4.69) is 33.2 Å². The van der Waals surface area contributed by atoms with E-state index >= 15 is 0 Å². The van der Waals surface area contributed by atoms with E-state index in [1.54, 1.807) is 0 Å². The van der Waals surface area contributed by atoms with Gasteiger partial charge in [0.2, 0.25) is 0 Å². The van der Waals surface area contributed by atoms with Crippen LogP contribution < -0.4 is 5.73 Å². The van der Waals surface area contributed by atoms with Crippen molar-refractivity contribution in [2.45, 2.75) is 26.7 Å². The highest BCUT2D eigenvalue weighted by atomic mass is 79.9. The fourth-order valence-electron chi connectivity index (χ4n) is 2.80. The molecule has 0 bridgehead atoms. The van der Waals surface area contributed by atoms with Crippen molar-refractivity contribution in [2.24, 2.45) is 5.92 Å². The highest BCUT2D eigenvalue weighted by molar-refractivity contribution is 9.10. The molecule has 4 nitrogen and oxygen atoms in total. The van der Waals surface area contributed by atoms with Crippen LogP contribution in [0, 0.1) is 19.8 Å². The highest BCUT2D eigenvalue weighted by Gasteiger charge is 2.30. The number of aromatic nitrogens is 2. The average molecular weight is 334 g/mol. The maximum atomic E-state index is 12.6. The molecule has 2 aromatic rings. The first-order chi connectivity index (χ1) is 9.47. The normalized spacial score (nSPS) is 17.2. The van der Waals surface area contributed by atoms with E-state index in [1.165, 1.54) is 15.8 Å². The van der Waals surface area contributed by atoms with Crippen LogP contribution in [0.15, 0.2) is 22.7 Å². The lowest BCUT2D eigenvalue weighted by Crippen LogP contribution is -2.24. The number of hydrogen-bond donors (Lipinski definition) is 1. The molecule has 1 aliphatic carbocycles. The number of anilines is 1. The summed E-state index contributed by atoms with van der Waals surface area (Å²) in [5.74, 6) is -0.00803. The molecule has 1 aromatic heterocycles. The zero-order chi connectivity index (χ0) is 14.4. The summed E-state index contributed by atoms with van der Waals surface area (Å²) in [6.07, 6.45) is 1.55. The molecule has 0 aliphatic heterocycles. The minimum atomic E-state index is -0.0447. The van der Waals surface area contributed by atoms with Crippen LogP contribution in [-0.4, -0.2) is 15.7 Å². The second-order valence-electron chi connectivity index (χ2n) is 5.35. The quantitative estimate of drug-likeness (QED) is 0.872. The molecule has 104 valence electrons. The number of hydrogen-bond acceptors (Lipinski definition) is 3. The van der Waals surface area contributed by atoms with E-state index in [9.17, 15) is 4.79 Å². The van der Waals surface area contributed by atoms with Crippen LogP contribution in [0.5, 0.6) is 0 Å². The molecule has 1 aliphatic rings. The molecule has 0 spiro atoms. The van der Waals surface area contributed by atoms with E-state index in [-0.39, 0.29) is 11.8 Å². The molecule has 2 N–H and O–H groups in total. The third kappa shape index (κ3) is 2.06. The summed E-state index contributed by atoms with van der Waals surface area (Å²) in [4.78, 5) is 12.6. The monoisotopic (exact) mass is 333 g/mol. The third-order valence-corrected chi connectivity index (χ3v) is 4.50. The molecule has 0 saturated carbocycles. The predicted molar refractivity (Wildman–Crippen MR) is 81.8 cm³/mol. The maximum absolute atomic E-state index is 12.6. The molecule has 0 fully saturated rings. The largest absolute Gasteiger partial charge is 0.396 e. The number of aryl methyl sites for hydroxylation is 1. The van der Waals surface area contributed by atoms with Crippen LogP contribution in [0.2, 0.25) is 0 Å². The van der Waals surface area contributed by atoms with Crippen LogP contribution in [0.25, 0.3) is 0 Å². The fourth-order valence-corrected chi connectivity index (χ4v) is 3.21. The Kier molecular flexibility index (Phi) is 3.17. The number of carbonyl (C=O) groups is 1. The van der Waals surface area contributed by atoms with Gasteiger partial charge in [0.05, 0.1) is 17.1 Å². The molecule has 5 heteroatoms. The van der Waals surface area contributed by atoms with Gasteiger partial charge < -0.3 is 5.73 Å². The van der Waals surface area contributed by atoms with Crippen molar-refractivity contribution in [1.82, 2.24) is 9.78 Å². The number of fused-ring (bicyclic) bond motifs is 1. The van der Waals surface area contributed by atoms with Gasteiger partial charge in [-0.05, 0) is 49.9 Å². The fraction of sp³-hybridized carbons (Fsp3) is 0.333. The van der Waals surface area contributed by atoms with Gasteiger partial charge in [0.1, 0.15) is 0 Å². The number of nitrogen functional groups attached to an aromatic ring is 1. The maximum Gasteiger partial charge on any atom is 0.250 e. The Morgan fingerprint density at radius 2 is 2.05 bits per heavy atom. The molecule has 1 atom stereocenters. The first kappa shape index (κ1) is 13.4. The molecule has 1 heterocycles. The number of nitrogens with two attached hydrogens (primary N) is 1. The van der Waals surface area contributed by atoms with Crippen molar-refractivity contribution in [3.63, 3.8) is 0 Å². The van der Waals surface area contributed by atoms with Gasteiger partial charge in [-0.25, -0.2) is 4.68 Å². The molecule has 20 heavy (non-hydrogen) atoms. The van der Waals surface area contributed by atoms with Gasteiger partial charge in [0.25, 0.3) is 5.91 Å². The first-order valence-corrected chi connectivity index (χ1v) is 7.40. The topological polar surface area (TPSA) is 60.9 Å². The lowest BCUT2D eigenvalue weighted by atomic mass is 10.1. The Balaban J connectivity index is 1.89. The predicted octanol–water partition coefficient (Wildman–Crippen LogP) is 2.90. The summed E-state index contributed by atoms with van der Waals surface area (Å²) in [6.45, 7) is 3.67. The molecular weight excluding hydrogens is 318 g/mol. The van der Waals surface area contributed by atoms with Crippen molar-refractivity contribution in [2.75, 3.05) is 5.73 Å². The Hall–Kier alpha value is -1.62. The van der Waals surface area contributed by atoms with Gasteiger partial charge in [-0.1, -0.05) is 22.0 Å². The average Bonchev–Trinajstić information content (AvgIpc) is 2.94. The summed E-state index contributed by atoms with van der Waals surface area (Å²) in [5.41, 5.74) is 10.5. The first-order valence-electron chi connectivity index (χ1n) is 6.60. The number of carbonyl (C=O) groups excluding carboxylic acids is 1. The molecule has 1 unspecified atom stereocenters. The molecule has 0 saturated heterocycles. The zero-order valence-corrected chi connectivity index (χ0v) is 13.1. The van der Waals surface area contributed by atoms with Gasteiger partial charge >= 0.3 is 0 Å². The smallest absolute Gasteiger partial charge is 0.250 e. The van der Waals surface area contributed by atoms with Crippen molar-refractivity contribution >= 4 is 27.5 Å². The Morgan fingerprint density at radius 1 is 1.35 bits per heavy atom. The second kappa shape index (κ2) is 4.74. The van der Waals surface area contributed by atoms with E-state index in [0.29, 0.717) is 11.4 Å². The van der Waals surface area contributed by atoms with Crippen molar-refractivity contribution in [3.05, 3.63) is 45.2 Å². The van der Waals surface area contributed by atoms with Crippen molar-refractivity contribution in [1.29, 1.82) is 0 Å². The summed E-state index contributed by atoms with van der Waals surface area (Å²) >= 11 is 3.47. The van der Waals surface area contributed by atoms with Crippen LogP contribution in [0.3, 0.4) is 0 Å². The second-order valence-corrected chi connectivity index (χ2v) is 6.27. The van der Waals surface area contributed by atoms with Crippen LogP contribution in [0.1, 0.15) is 27.3 Å². The highest BCUT2D eigenvalue weighted by Crippen LogP contribution is 2.30. The van der Waals surface area contributed by atoms with Gasteiger partial charge in [-0.15, -0.1) is 0 Å². The number of nitrogens with zero attached hydrogens (tertiary/aromatic N) is 2. The summed E-state index contributed by atoms with van der Waals surface area (Å²) in [6, 6.07) is 6.20. The van der Waals surface area contributed by atoms with Crippen LogP contribution in [-0.2, 0) is 12.8 Å². The van der Waals surface area contributed by atoms with E-state index < -0.39 is 0 Å². The minimum Gasteiger partial charge on any atom is -0.396 e. The third-order valence-electron chi connectivity index (χ3n) is 4.01. The van der Waals surface area contributed by atoms with E-state index in [0.717, 1.165) is 23.0 Å². The summed E-state index contributed by atoms with van der Waals surface area (Å²) in [5, 5.41) is 4.27. The standard InChI is InChI=1S/C15H16BrN3O/c1-8-14(17)9(2)19(18-8)15(20)12-5-10-3-4-13(16)7-11(10)6-12/h3-4,7,12H,5-6,17H2,1-2H3. The number of halogens is 1. The summed E-state index contributed by atoms with van der Waals surface area (Å²) in [7, 11) is 0.